The third kappa shape index (κ3) is 5.70. The third-order valence-corrected chi connectivity index (χ3v) is 9.06. The minimum atomic E-state index is -3.53. The first-order chi connectivity index (χ1) is 16.4. The normalized spacial score (nSPS) is 20.0. The minimum absolute atomic E-state index is 0.374. The Morgan fingerprint density at radius 2 is 1.74 bits per heavy atom. The third-order valence-electron chi connectivity index (χ3n) is 6.37. The summed E-state index contributed by atoms with van der Waals surface area (Å²) in [6.07, 6.45) is 4.43. The molecule has 0 spiro atoms. The number of para-hydroxylation sites is 1. The maximum atomic E-state index is 13.5. The van der Waals surface area contributed by atoms with Gasteiger partial charge >= 0.3 is 0 Å². The predicted octanol–water partition coefficient (Wildman–Crippen LogP) is 6.31. The van der Waals surface area contributed by atoms with Gasteiger partial charge in [-0.3, -0.25) is 0 Å². The van der Waals surface area contributed by atoms with E-state index in [1.54, 1.807) is 21.7 Å². The van der Waals surface area contributed by atoms with Crippen LogP contribution in [0.15, 0.2) is 69.9 Å². The minimum Gasteiger partial charge on any atom is -0.316 e. The van der Waals surface area contributed by atoms with Gasteiger partial charge in [-0.05, 0) is 48.9 Å². The molecule has 1 aliphatic rings. The molecule has 0 bridgehead atoms. The second kappa shape index (κ2) is 11.0. The van der Waals surface area contributed by atoms with Crippen LogP contribution in [0.4, 0.5) is 5.69 Å². The maximum Gasteiger partial charge on any atom is 0.243 e. The molecule has 0 saturated carbocycles. The Balaban J connectivity index is 1.72. The highest BCUT2D eigenvalue weighted by Gasteiger charge is 2.31. The summed E-state index contributed by atoms with van der Waals surface area (Å²) in [6.45, 7) is 8.51. The topological polar surface area (TPSA) is 54.7 Å². The Morgan fingerprint density at radius 1 is 1.00 bits per heavy atom. The summed E-state index contributed by atoms with van der Waals surface area (Å²) in [5.41, 5.74) is 2.86. The van der Waals surface area contributed by atoms with Crippen LogP contribution in [0.1, 0.15) is 46.5 Å². The van der Waals surface area contributed by atoms with Crippen LogP contribution < -0.4 is 4.80 Å². The zero-order valence-electron chi connectivity index (χ0n) is 20.4. The summed E-state index contributed by atoms with van der Waals surface area (Å²) >= 11 is 1.60. The van der Waals surface area contributed by atoms with Crippen LogP contribution in [-0.4, -0.2) is 30.4 Å². The summed E-state index contributed by atoms with van der Waals surface area (Å²) in [7, 11) is -3.53. The molecule has 1 saturated heterocycles. The largest absolute Gasteiger partial charge is 0.316 e. The summed E-state index contributed by atoms with van der Waals surface area (Å²) in [5, 5.41) is 2.10. The average Bonchev–Trinajstić information content (AvgIpc) is 3.21. The van der Waals surface area contributed by atoms with Gasteiger partial charge in [-0.25, -0.2) is 13.4 Å². The van der Waals surface area contributed by atoms with Crippen molar-refractivity contribution in [3.05, 3.63) is 64.8 Å². The zero-order chi connectivity index (χ0) is 24.1. The van der Waals surface area contributed by atoms with Crippen LogP contribution in [0.5, 0.6) is 0 Å². The fraction of sp³-hybridized carbons (Fsp3) is 0.444. The highest BCUT2D eigenvalue weighted by molar-refractivity contribution is 7.89. The van der Waals surface area contributed by atoms with Gasteiger partial charge in [0.2, 0.25) is 10.0 Å². The molecular formula is C27H35N3O2S2. The molecule has 5 nitrogen and oxygen atoms in total. The fourth-order valence-electron chi connectivity index (χ4n) is 4.77. The second-order valence-electron chi connectivity index (χ2n) is 9.51. The van der Waals surface area contributed by atoms with Gasteiger partial charge < -0.3 is 4.57 Å². The number of thiazole rings is 1. The van der Waals surface area contributed by atoms with Crippen LogP contribution in [0.3, 0.4) is 0 Å². The number of piperidine rings is 1. The Labute approximate surface area is 207 Å². The molecule has 0 N–H and O–H groups in total. The second-order valence-corrected chi connectivity index (χ2v) is 12.3. The van der Waals surface area contributed by atoms with E-state index in [9.17, 15) is 8.42 Å². The van der Waals surface area contributed by atoms with Crippen molar-refractivity contribution in [3.8, 4) is 11.3 Å². The van der Waals surface area contributed by atoms with E-state index < -0.39 is 10.0 Å². The first-order valence-corrected chi connectivity index (χ1v) is 14.6. The molecule has 2 heterocycles. The summed E-state index contributed by atoms with van der Waals surface area (Å²) < 4.78 is 30.9. The molecule has 2 atom stereocenters. The monoisotopic (exact) mass is 497 g/mol. The quantitative estimate of drug-likeness (QED) is 0.343. The smallest absolute Gasteiger partial charge is 0.243 e. The van der Waals surface area contributed by atoms with Crippen molar-refractivity contribution in [2.24, 2.45) is 16.8 Å². The Morgan fingerprint density at radius 3 is 2.44 bits per heavy atom. The van der Waals surface area contributed by atoms with Crippen LogP contribution in [0, 0.1) is 11.8 Å². The molecule has 182 valence electrons. The van der Waals surface area contributed by atoms with Gasteiger partial charge in [-0.2, -0.15) is 4.31 Å². The number of hydrogen-bond acceptors (Lipinski definition) is 4. The molecule has 2 unspecified atom stereocenters. The van der Waals surface area contributed by atoms with Crippen LogP contribution in [-0.2, 0) is 16.6 Å². The van der Waals surface area contributed by atoms with E-state index in [2.05, 4.69) is 30.7 Å². The lowest BCUT2D eigenvalue weighted by Crippen LogP contribution is -2.42. The van der Waals surface area contributed by atoms with Crippen molar-refractivity contribution < 1.29 is 8.42 Å². The molecule has 1 aromatic heterocycles. The number of unbranched alkanes of at least 4 members (excludes halogenated alkanes) is 2. The SMILES string of the molecule is CCCCCn1c(-c2cccc(S(=O)(=O)N3CC(C)CC(C)C3)c2)csc1=Nc1ccccc1. The summed E-state index contributed by atoms with van der Waals surface area (Å²) in [4.78, 5) is 6.19. The number of aromatic nitrogens is 1. The first-order valence-electron chi connectivity index (χ1n) is 12.3. The Bertz CT molecular complexity index is 1250. The average molecular weight is 498 g/mol. The van der Waals surface area contributed by atoms with Gasteiger partial charge in [-0.15, -0.1) is 11.3 Å². The van der Waals surface area contributed by atoms with Gasteiger partial charge in [-0.1, -0.05) is 63.9 Å². The lowest BCUT2D eigenvalue weighted by molar-refractivity contribution is 0.222. The molecular weight excluding hydrogens is 462 g/mol. The van der Waals surface area contributed by atoms with E-state index in [1.165, 1.54) is 0 Å². The van der Waals surface area contributed by atoms with Crippen molar-refractivity contribution >= 4 is 27.0 Å². The first kappa shape index (κ1) is 24.9. The molecule has 0 radical (unpaired) electrons. The lowest BCUT2D eigenvalue weighted by atomic mass is 9.94. The van der Waals surface area contributed by atoms with Crippen molar-refractivity contribution in [1.82, 2.24) is 8.87 Å². The number of benzene rings is 2. The predicted molar refractivity (Wildman–Crippen MR) is 141 cm³/mol. The fourth-order valence-corrected chi connectivity index (χ4v) is 7.45. The van der Waals surface area contributed by atoms with E-state index in [1.807, 2.05) is 48.5 Å². The van der Waals surface area contributed by atoms with Crippen LogP contribution in [0.25, 0.3) is 11.3 Å². The molecule has 2 aromatic carbocycles. The van der Waals surface area contributed by atoms with Crippen molar-refractivity contribution in [2.45, 2.75) is 57.9 Å². The molecule has 3 aromatic rings. The molecule has 4 rings (SSSR count). The number of hydrogen-bond donors (Lipinski definition) is 0. The van der Waals surface area contributed by atoms with E-state index in [0.717, 1.165) is 54.0 Å². The van der Waals surface area contributed by atoms with Gasteiger partial charge in [0.1, 0.15) is 0 Å². The maximum absolute atomic E-state index is 13.5. The van der Waals surface area contributed by atoms with Crippen molar-refractivity contribution in [3.63, 3.8) is 0 Å². The number of sulfonamides is 1. The van der Waals surface area contributed by atoms with E-state index in [4.69, 9.17) is 4.99 Å². The highest BCUT2D eigenvalue weighted by Crippen LogP contribution is 2.29. The van der Waals surface area contributed by atoms with E-state index in [-0.39, 0.29) is 0 Å². The Hall–Kier alpha value is -2.22. The van der Waals surface area contributed by atoms with Gasteiger partial charge in [0.05, 0.1) is 16.3 Å². The van der Waals surface area contributed by atoms with E-state index in [0.29, 0.717) is 29.8 Å². The number of rotatable bonds is 8. The highest BCUT2D eigenvalue weighted by atomic mass is 32.2. The van der Waals surface area contributed by atoms with Gasteiger partial charge in [0.15, 0.2) is 4.80 Å². The summed E-state index contributed by atoms with van der Waals surface area (Å²) in [6, 6.07) is 17.4. The molecule has 7 heteroatoms. The molecule has 0 aliphatic carbocycles. The van der Waals surface area contributed by atoms with E-state index >= 15 is 0 Å². The molecule has 0 amide bonds. The standard InChI is InChI=1S/C27H35N3O2S2/c1-4-5-9-15-30-26(20-33-27(30)28-24-12-7-6-8-13-24)23-11-10-14-25(17-23)34(31,32)29-18-21(2)16-22(3)19-29/h6-8,10-14,17,20-22H,4-5,9,15-16,18-19H2,1-3H3. The van der Waals surface area contributed by atoms with Crippen LogP contribution >= 0.6 is 11.3 Å². The molecule has 34 heavy (non-hydrogen) atoms. The molecule has 1 fully saturated rings. The number of nitrogens with zero attached hydrogens (tertiary/aromatic N) is 3. The van der Waals surface area contributed by atoms with Gasteiger partial charge in [0, 0.05) is 30.6 Å². The zero-order valence-corrected chi connectivity index (χ0v) is 22.0. The van der Waals surface area contributed by atoms with Crippen molar-refractivity contribution in [1.29, 1.82) is 0 Å². The lowest BCUT2D eigenvalue weighted by Gasteiger charge is -2.34. The molecule has 1 aliphatic heterocycles. The summed E-state index contributed by atoms with van der Waals surface area (Å²) in [5.74, 6) is 0.753. The Kier molecular flexibility index (Phi) is 8.06. The van der Waals surface area contributed by atoms with Crippen LogP contribution in [0.2, 0.25) is 0 Å². The van der Waals surface area contributed by atoms with Gasteiger partial charge in [0.25, 0.3) is 0 Å². The van der Waals surface area contributed by atoms with Crippen molar-refractivity contribution in [2.75, 3.05) is 13.1 Å².